The normalized spacial score (nSPS) is 20.4. The van der Waals surface area contributed by atoms with Crippen LogP contribution in [-0.2, 0) is 0 Å². The van der Waals surface area contributed by atoms with Crippen LogP contribution in [0.3, 0.4) is 0 Å². The summed E-state index contributed by atoms with van der Waals surface area (Å²) in [5.74, 6) is 3.39. The third kappa shape index (κ3) is 5.17. The van der Waals surface area contributed by atoms with Gasteiger partial charge in [-0.1, -0.05) is 19.1 Å². The lowest BCUT2D eigenvalue weighted by atomic mass is 9.99. The van der Waals surface area contributed by atoms with Gasteiger partial charge in [0.05, 0.1) is 4.58 Å². The summed E-state index contributed by atoms with van der Waals surface area (Å²) >= 11 is 4.00. The van der Waals surface area contributed by atoms with Gasteiger partial charge in [0.2, 0.25) is 0 Å². The minimum Gasteiger partial charge on any atom is -0.352 e. The van der Waals surface area contributed by atoms with Gasteiger partial charge in [-0.3, -0.25) is 4.79 Å². The lowest BCUT2D eigenvalue weighted by molar-refractivity contribution is 0.0950. The first-order chi connectivity index (χ1) is 11.7. The van der Waals surface area contributed by atoms with Crippen LogP contribution in [0.25, 0.3) is 0 Å². The van der Waals surface area contributed by atoms with E-state index in [9.17, 15) is 4.79 Å². The number of benzene rings is 1. The van der Waals surface area contributed by atoms with Crippen molar-refractivity contribution in [3.63, 3.8) is 0 Å². The highest BCUT2D eigenvalue weighted by atomic mass is 32.2. The Labute approximate surface area is 154 Å². The summed E-state index contributed by atoms with van der Waals surface area (Å²) in [6.45, 7) is 6.64. The standard InChI is InChI=1S/C19H28N2OS2/c1-15-7-11-21(12-8-15)10-2-9-20-18(22)16-3-5-17(6-4-16)19-23-13-14-24-19/h3-6,15,19H,2,7-14H2,1H3,(H,20,22). The van der Waals surface area contributed by atoms with Crippen molar-refractivity contribution in [1.82, 2.24) is 10.2 Å². The van der Waals surface area contributed by atoms with Crippen molar-refractivity contribution in [2.75, 3.05) is 37.7 Å². The smallest absolute Gasteiger partial charge is 0.251 e. The van der Waals surface area contributed by atoms with Crippen molar-refractivity contribution in [2.24, 2.45) is 5.92 Å². The van der Waals surface area contributed by atoms with Gasteiger partial charge in [0, 0.05) is 23.6 Å². The Morgan fingerprint density at radius 2 is 1.83 bits per heavy atom. The van der Waals surface area contributed by atoms with E-state index in [0.717, 1.165) is 31.0 Å². The minimum absolute atomic E-state index is 0.0561. The molecular formula is C19H28N2OS2. The lowest BCUT2D eigenvalue weighted by Gasteiger charge is -2.30. The molecule has 1 amide bonds. The molecule has 1 N–H and O–H groups in total. The van der Waals surface area contributed by atoms with Gasteiger partial charge in [-0.25, -0.2) is 0 Å². The molecule has 1 aromatic carbocycles. The van der Waals surface area contributed by atoms with Crippen LogP contribution in [0.5, 0.6) is 0 Å². The monoisotopic (exact) mass is 364 g/mol. The molecule has 2 fully saturated rings. The molecule has 0 spiro atoms. The molecule has 3 rings (SSSR count). The molecule has 0 radical (unpaired) electrons. The summed E-state index contributed by atoms with van der Waals surface area (Å²) in [5, 5.41) is 3.06. The number of hydrogen-bond donors (Lipinski definition) is 1. The first-order valence-electron chi connectivity index (χ1n) is 9.06. The molecule has 5 heteroatoms. The van der Waals surface area contributed by atoms with Crippen LogP contribution in [0.4, 0.5) is 0 Å². The topological polar surface area (TPSA) is 32.3 Å². The number of carbonyl (C=O) groups excluding carboxylic acids is 1. The predicted molar refractivity (Wildman–Crippen MR) is 106 cm³/mol. The fourth-order valence-corrected chi connectivity index (χ4v) is 6.09. The molecule has 2 aliphatic heterocycles. The maximum Gasteiger partial charge on any atom is 0.251 e. The number of thioether (sulfide) groups is 2. The quantitative estimate of drug-likeness (QED) is 0.773. The molecule has 24 heavy (non-hydrogen) atoms. The van der Waals surface area contributed by atoms with Crippen LogP contribution in [0.15, 0.2) is 24.3 Å². The van der Waals surface area contributed by atoms with Crippen molar-refractivity contribution >= 4 is 29.4 Å². The number of hydrogen-bond acceptors (Lipinski definition) is 4. The first-order valence-corrected chi connectivity index (χ1v) is 11.2. The zero-order valence-corrected chi connectivity index (χ0v) is 16.1. The van der Waals surface area contributed by atoms with Crippen LogP contribution < -0.4 is 5.32 Å². The maximum absolute atomic E-state index is 12.2. The van der Waals surface area contributed by atoms with Crippen LogP contribution >= 0.6 is 23.5 Å². The molecule has 0 atom stereocenters. The molecule has 2 saturated heterocycles. The number of nitrogens with zero attached hydrogens (tertiary/aromatic N) is 1. The van der Waals surface area contributed by atoms with Crippen molar-refractivity contribution in [1.29, 1.82) is 0 Å². The van der Waals surface area contributed by atoms with Gasteiger partial charge in [-0.2, -0.15) is 0 Å². The number of likely N-dealkylation sites (tertiary alicyclic amines) is 1. The van der Waals surface area contributed by atoms with Crippen LogP contribution in [0.2, 0.25) is 0 Å². The highest BCUT2D eigenvalue weighted by Gasteiger charge is 2.18. The van der Waals surface area contributed by atoms with Crippen molar-refractivity contribution < 1.29 is 4.79 Å². The highest BCUT2D eigenvalue weighted by molar-refractivity contribution is 8.19. The molecule has 0 aliphatic carbocycles. The third-order valence-electron chi connectivity index (χ3n) is 4.88. The largest absolute Gasteiger partial charge is 0.352 e. The molecular weight excluding hydrogens is 336 g/mol. The number of amides is 1. The molecule has 2 heterocycles. The summed E-state index contributed by atoms with van der Waals surface area (Å²) < 4.78 is 0.550. The average Bonchev–Trinajstić information content (AvgIpc) is 3.15. The second kappa shape index (κ2) is 9.16. The Hall–Kier alpha value is -0.650. The van der Waals surface area contributed by atoms with Gasteiger partial charge < -0.3 is 10.2 Å². The van der Waals surface area contributed by atoms with Gasteiger partial charge in [0.25, 0.3) is 5.91 Å². The molecule has 0 unspecified atom stereocenters. The summed E-state index contributed by atoms with van der Waals surface area (Å²) in [6.07, 6.45) is 3.67. The van der Waals surface area contributed by atoms with Gasteiger partial charge in [0.15, 0.2) is 0 Å². The van der Waals surface area contributed by atoms with Gasteiger partial charge in [-0.15, -0.1) is 23.5 Å². The van der Waals surface area contributed by atoms with E-state index >= 15 is 0 Å². The average molecular weight is 365 g/mol. The highest BCUT2D eigenvalue weighted by Crippen LogP contribution is 2.45. The summed E-state index contributed by atoms with van der Waals surface area (Å²) in [5.41, 5.74) is 2.11. The Morgan fingerprint density at radius 1 is 1.17 bits per heavy atom. The van der Waals surface area contributed by atoms with Gasteiger partial charge in [0.1, 0.15) is 0 Å². The summed E-state index contributed by atoms with van der Waals surface area (Å²) in [4.78, 5) is 14.8. The molecule has 2 aliphatic rings. The van der Waals surface area contributed by atoms with E-state index in [0.29, 0.717) is 4.58 Å². The van der Waals surface area contributed by atoms with E-state index in [4.69, 9.17) is 0 Å². The molecule has 3 nitrogen and oxygen atoms in total. The number of rotatable bonds is 6. The van der Waals surface area contributed by atoms with Crippen molar-refractivity contribution in [3.8, 4) is 0 Å². The lowest BCUT2D eigenvalue weighted by Crippen LogP contribution is -2.35. The fraction of sp³-hybridized carbons (Fsp3) is 0.632. The van der Waals surface area contributed by atoms with Gasteiger partial charge in [-0.05, 0) is 62.5 Å². The van der Waals surface area contributed by atoms with Crippen LogP contribution in [0, 0.1) is 5.92 Å². The van der Waals surface area contributed by atoms with Gasteiger partial charge >= 0.3 is 0 Å². The van der Waals surface area contributed by atoms with E-state index in [1.807, 2.05) is 35.7 Å². The summed E-state index contributed by atoms with van der Waals surface area (Å²) in [7, 11) is 0. The second-order valence-corrected chi connectivity index (χ2v) is 9.55. The number of carbonyl (C=O) groups is 1. The first kappa shape index (κ1) is 18.2. The Morgan fingerprint density at radius 3 is 2.50 bits per heavy atom. The van der Waals surface area contributed by atoms with Crippen LogP contribution in [-0.4, -0.2) is 48.5 Å². The fourth-order valence-electron chi connectivity index (χ4n) is 3.23. The van der Waals surface area contributed by atoms with E-state index in [2.05, 4.69) is 29.3 Å². The predicted octanol–water partition coefficient (Wildman–Crippen LogP) is 4.02. The van der Waals surface area contributed by atoms with E-state index in [1.54, 1.807) is 0 Å². The van der Waals surface area contributed by atoms with E-state index < -0.39 is 0 Å². The maximum atomic E-state index is 12.2. The zero-order chi connectivity index (χ0) is 16.8. The molecule has 0 bridgehead atoms. The van der Waals surface area contributed by atoms with Crippen molar-refractivity contribution in [3.05, 3.63) is 35.4 Å². The molecule has 132 valence electrons. The third-order valence-corrected chi connectivity index (χ3v) is 7.98. The van der Waals surface area contributed by atoms with E-state index in [-0.39, 0.29) is 5.91 Å². The zero-order valence-electron chi connectivity index (χ0n) is 14.5. The summed E-state index contributed by atoms with van der Waals surface area (Å²) in [6, 6.07) is 8.16. The van der Waals surface area contributed by atoms with Crippen molar-refractivity contribution in [2.45, 2.75) is 30.8 Å². The SMILES string of the molecule is CC1CCN(CCCNC(=O)c2ccc(C3SCCS3)cc2)CC1. The second-order valence-electron chi connectivity index (χ2n) is 6.83. The Bertz CT molecular complexity index is 521. The number of nitrogens with one attached hydrogen (secondary N) is 1. The van der Waals surface area contributed by atoms with Crippen LogP contribution in [0.1, 0.15) is 46.7 Å². The Kier molecular flexibility index (Phi) is 6.93. The molecule has 0 aromatic heterocycles. The number of piperidine rings is 1. The Balaban J connectivity index is 1.37. The minimum atomic E-state index is 0.0561. The van der Waals surface area contributed by atoms with E-state index in [1.165, 1.54) is 43.0 Å². The molecule has 1 aromatic rings. The molecule has 0 saturated carbocycles.